The van der Waals surface area contributed by atoms with E-state index in [0.717, 1.165) is 10.8 Å². The fourth-order valence-electron chi connectivity index (χ4n) is 2.85. The summed E-state index contributed by atoms with van der Waals surface area (Å²) in [6.07, 6.45) is 0. The number of hydrogen-bond acceptors (Lipinski definition) is 4. The van der Waals surface area contributed by atoms with Crippen molar-refractivity contribution < 1.29 is 17.4 Å². The zero-order valence-corrected chi connectivity index (χ0v) is 16.1. The molecule has 0 atom stereocenters. The van der Waals surface area contributed by atoms with Crippen molar-refractivity contribution in [3.8, 4) is 5.75 Å². The van der Waals surface area contributed by atoms with E-state index in [0.29, 0.717) is 18.7 Å². The molecule has 0 heterocycles. The molecule has 0 aromatic heterocycles. The average molecular weight is 383 g/mol. The fraction of sp³-hybridized carbons (Fsp3) is 0.190. The third kappa shape index (κ3) is 4.11. The molecule has 0 radical (unpaired) electrons. The number of benzene rings is 3. The number of hydrogen-bond donors (Lipinski definition) is 0. The summed E-state index contributed by atoms with van der Waals surface area (Å²) in [5.74, 6) is 0.122. The van der Waals surface area contributed by atoms with E-state index < -0.39 is 10.1 Å². The first kappa shape index (κ1) is 18.9. The Balaban J connectivity index is 1.82. The summed E-state index contributed by atoms with van der Waals surface area (Å²) in [6, 6.07) is 18.6. The van der Waals surface area contributed by atoms with Crippen molar-refractivity contribution in [2.75, 3.05) is 13.1 Å². The number of nitrogens with zero attached hydrogens (tertiary/aromatic N) is 1. The fourth-order valence-corrected chi connectivity index (χ4v) is 3.77. The zero-order chi connectivity index (χ0) is 19.4. The molecule has 0 saturated carbocycles. The second-order valence-corrected chi connectivity index (χ2v) is 7.59. The predicted molar refractivity (Wildman–Crippen MR) is 105 cm³/mol. The largest absolute Gasteiger partial charge is 0.379 e. The summed E-state index contributed by atoms with van der Waals surface area (Å²) in [5.41, 5.74) is 0.448. The molecule has 6 heteroatoms. The Morgan fingerprint density at radius 2 is 1.52 bits per heavy atom. The van der Waals surface area contributed by atoms with E-state index in [1.54, 1.807) is 17.0 Å². The second-order valence-electron chi connectivity index (χ2n) is 6.05. The lowest BCUT2D eigenvalue weighted by Crippen LogP contribution is -2.30. The molecule has 0 spiro atoms. The molecule has 0 fully saturated rings. The molecule has 3 aromatic carbocycles. The monoisotopic (exact) mass is 383 g/mol. The molecule has 0 aliphatic rings. The van der Waals surface area contributed by atoms with Gasteiger partial charge in [-0.1, -0.05) is 30.3 Å². The van der Waals surface area contributed by atoms with Crippen LogP contribution in [-0.4, -0.2) is 32.3 Å². The highest BCUT2D eigenvalue weighted by Crippen LogP contribution is 2.24. The van der Waals surface area contributed by atoms with Gasteiger partial charge in [-0.15, -0.1) is 0 Å². The maximum absolute atomic E-state index is 12.5. The normalized spacial score (nSPS) is 11.3. The van der Waals surface area contributed by atoms with Gasteiger partial charge in [0, 0.05) is 18.7 Å². The van der Waals surface area contributed by atoms with Crippen molar-refractivity contribution in [1.82, 2.24) is 4.90 Å². The minimum atomic E-state index is -3.98. The molecule has 1 amide bonds. The smallest absolute Gasteiger partial charge is 0.339 e. The van der Waals surface area contributed by atoms with Crippen LogP contribution < -0.4 is 4.18 Å². The van der Waals surface area contributed by atoms with Gasteiger partial charge in [0.25, 0.3) is 5.91 Å². The third-order valence-electron chi connectivity index (χ3n) is 4.37. The number of rotatable bonds is 6. The maximum atomic E-state index is 12.5. The van der Waals surface area contributed by atoms with E-state index in [1.165, 1.54) is 24.3 Å². The molecular formula is C21H21NO4S. The summed E-state index contributed by atoms with van der Waals surface area (Å²) in [6.45, 7) is 5.00. The quantitative estimate of drug-likeness (QED) is 0.602. The molecule has 0 aliphatic heterocycles. The van der Waals surface area contributed by atoms with Crippen LogP contribution in [0, 0.1) is 0 Å². The van der Waals surface area contributed by atoms with Crippen molar-refractivity contribution in [2.24, 2.45) is 0 Å². The summed E-state index contributed by atoms with van der Waals surface area (Å²) in [7, 11) is -3.98. The van der Waals surface area contributed by atoms with E-state index in [2.05, 4.69) is 0 Å². The lowest BCUT2D eigenvalue weighted by atomic mass is 10.1. The van der Waals surface area contributed by atoms with Crippen LogP contribution in [0.2, 0.25) is 0 Å². The number of carbonyl (C=O) groups is 1. The van der Waals surface area contributed by atoms with Gasteiger partial charge in [-0.2, -0.15) is 8.42 Å². The average Bonchev–Trinajstić information content (AvgIpc) is 2.68. The van der Waals surface area contributed by atoms with Gasteiger partial charge in [0.15, 0.2) is 0 Å². The Kier molecular flexibility index (Phi) is 5.46. The van der Waals surface area contributed by atoms with Crippen LogP contribution >= 0.6 is 0 Å². The third-order valence-corrected chi connectivity index (χ3v) is 5.63. The van der Waals surface area contributed by atoms with Gasteiger partial charge in [0.2, 0.25) is 0 Å². The molecule has 3 aromatic rings. The van der Waals surface area contributed by atoms with Crippen molar-refractivity contribution in [1.29, 1.82) is 0 Å². The van der Waals surface area contributed by atoms with Crippen LogP contribution in [0.25, 0.3) is 10.8 Å². The van der Waals surface area contributed by atoms with E-state index in [-0.39, 0.29) is 16.6 Å². The molecule has 5 nitrogen and oxygen atoms in total. The molecule has 0 N–H and O–H groups in total. The van der Waals surface area contributed by atoms with E-state index >= 15 is 0 Å². The molecule has 27 heavy (non-hydrogen) atoms. The number of fused-ring (bicyclic) bond motifs is 1. The van der Waals surface area contributed by atoms with Gasteiger partial charge in [-0.25, -0.2) is 0 Å². The Hall–Kier alpha value is -2.86. The van der Waals surface area contributed by atoms with Gasteiger partial charge in [-0.05, 0) is 61.0 Å². The SMILES string of the molecule is CCN(CC)C(=O)c1ccc(S(=O)(=O)Oc2ccc3ccccc3c2)cc1. The van der Waals surface area contributed by atoms with Crippen LogP contribution in [0.5, 0.6) is 5.75 Å². The predicted octanol–water partition coefficient (Wildman–Crippen LogP) is 4.09. The Labute approximate surface area is 159 Å². The molecule has 0 bridgehead atoms. The molecule has 140 valence electrons. The highest BCUT2D eigenvalue weighted by molar-refractivity contribution is 7.87. The summed E-state index contributed by atoms with van der Waals surface area (Å²) < 4.78 is 30.4. The zero-order valence-electron chi connectivity index (χ0n) is 15.3. The van der Waals surface area contributed by atoms with E-state index in [9.17, 15) is 13.2 Å². The lowest BCUT2D eigenvalue weighted by molar-refractivity contribution is 0.0773. The summed E-state index contributed by atoms with van der Waals surface area (Å²) >= 11 is 0. The molecule has 0 unspecified atom stereocenters. The topological polar surface area (TPSA) is 63.7 Å². The molecule has 0 saturated heterocycles. The van der Waals surface area contributed by atoms with Gasteiger partial charge < -0.3 is 9.08 Å². The van der Waals surface area contributed by atoms with Crippen LogP contribution in [0.15, 0.2) is 71.6 Å². The molecular weight excluding hydrogens is 362 g/mol. The Morgan fingerprint density at radius 1 is 0.889 bits per heavy atom. The summed E-state index contributed by atoms with van der Waals surface area (Å²) in [4.78, 5) is 14.0. The van der Waals surface area contributed by atoms with Crippen LogP contribution in [0.1, 0.15) is 24.2 Å². The number of carbonyl (C=O) groups excluding carboxylic acids is 1. The van der Waals surface area contributed by atoms with Crippen LogP contribution in [0.4, 0.5) is 0 Å². The van der Waals surface area contributed by atoms with Crippen molar-refractivity contribution in [2.45, 2.75) is 18.7 Å². The van der Waals surface area contributed by atoms with E-state index in [4.69, 9.17) is 4.18 Å². The first-order chi connectivity index (χ1) is 12.9. The van der Waals surface area contributed by atoms with Crippen LogP contribution in [0.3, 0.4) is 0 Å². The second kappa shape index (κ2) is 7.80. The highest BCUT2D eigenvalue weighted by atomic mass is 32.2. The van der Waals surface area contributed by atoms with Crippen molar-refractivity contribution >= 4 is 26.8 Å². The standard InChI is InChI=1S/C21H21NO4S/c1-3-22(4-2)21(23)17-10-13-20(14-11-17)27(24,25)26-19-12-9-16-7-5-6-8-18(16)15-19/h5-15H,3-4H2,1-2H3. The molecule has 0 aliphatic carbocycles. The number of amides is 1. The summed E-state index contributed by atoms with van der Waals surface area (Å²) in [5, 5.41) is 1.90. The Morgan fingerprint density at radius 3 is 2.15 bits per heavy atom. The first-order valence-corrected chi connectivity index (χ1v) is 10.2. The minimum absolute atomic E-state index is 0.00626. The first-order valence-electron chi connectivity index (χ1n) is 8.77. The molecule has 3 rings (SSSR count). The lowest BCUT2D eigenvalue weighted by Gasteiger charge is -2.18. The maximum Gasteiger partial charge on any atom is 0.339 e. The minimum Gasteiger partial charge on any atom is -0.379 e. The van der Waals surface area contributed by atoms with E-state index in [1.807, 2.05) is 44.2 Å². The van der Waals surface area contributed by atoms with Crippen molar-refractivity contribution in [3.05, 3.63) is 72.3 Å². The van der Waals surface area contributed by atoms with Crippen molar-refractivity contribution in [3.63, 3.8) is 0 Å². The highest BCUT2D eigenvalue weighted by Gasteiger charge is 2.19. The van der Waals surface area contributed by atoms with Gasteiger partial charge in [-0.3, -0.25) is 4.79 Å². The van der Waals surface area contributed by atoms with Gasteiger partial charge in [0.05, 0.1) is 0 Å². The van der Waals surface area contributed by atoms with Gasteiger partial charge >= 0.3 is 10.1 Å². The van der Waals surface area contributed by atoms with Crippen LogP contribution in [-0.2, 0) is 10.1 Å². The van der Waals surface area contributed by atoms with Gasteiger partial charge in [0.1, 0.15) is 10.6 Å². The Bertz CT molecular complexity index is 1050.